The number of nitrogens with zero attached hydrogens (tertiary/aromatic N) is 2. The fraction of sp³-hybridized carbons (Fsp3) is 0.522. The van der Waals surface area contributed by atoms with Crippen molar-refractivity contribution < 1.29 is 19.1 Å². The number of ether oxygens (including phenoxy) is 1. The Morgan fingerprint density at radius 3 is 2.60 bits per heavy atom. The second-order valence-electron chi connectivity index (χ2n) is 8.20. The predicted molar refractivity (Wildman–Crippen MR) is 115 cm³/mol. The maximum Gasteiger partial charge on any atom is 0.260 e. The number of hydrogen-bond acceptors (Lipinski definition) is 4. The van der Waals surface area contributed by atoms with Gasteiger partial charge in [0.1, 0.15) is 5.75 Å². The van der Waals surface area contributed by atoms with E-state index in [-0.39, 0.29) is 30.2 Å². The number of nitrogens with one attached hydrogen (secondary N) is 1. The fourth-order valence-electron chi connectivity index (χ4n) is 4.19. The van der Waals surface area contributed by atoms with Crippen LogP contribution in [0.5, 0.6) is 5.75 Å². The number of aryl methyl sites for hydroxylation is 1. The maximum absolute atomic E-state index is 12.6. The summed E-state index contributed by atoms with van der Waals surface area (Å²) in [5.74, 6) is 0.985. The molecule has 2 aliphatic heterocycles. The minimum Gasteiger partial charge on any atom is -0.484 e. The van der Waals surface area contributed by atoms with Crippen LogP contribution < -0.4 is 10.1 Å². The molecule has 1 aromatic rings. The third kappa shape index (κ3) is 5.40. The van der Waals surface area contributed by atoms with Crippen LogP contribution in [-0.2, 0) is 14.4 Å². The smallest absolute Gasteiger partial charge is 0.260 e. The number of allylic oxidation sites excluding steroid dienone is 1. The second-order valence-corrected chi connectivity index (χ2v) is 8.20. The van der Waals surface area contributed by atoms with E-state index in [1.807, 2.05) is 24.9 Å². The first-order valence-corrected chi connectivity index (χ1v) is 10.5. The molecule has 3 amide bonds. The highest BCUT2D eigenvalue weighted by Gasteiger charge is 2.34. The number of likely N-dealkylation sites (N-methyl/N-ethyl adjacent to an activating group) is 1. The molecular weight excluding hydrogens is 382 g/mol. The zero-order valence-corrected chi connectivity index (χ0v) is 18.0. The summed E-state index contributed by atoms with van der Waals surface area (Å²) in [7, 11) is 1.85. The number of likely N-dealkylation sites (tertiary alicyclic amines) is 1. The molecule has 162 valence electrons. The van der Waals surface area contributed by atoms with Gasteiger partial charge in [0.2, 0.25) is 11.8 Å². The minimum atomic E-state index is -0.126. The van der Waals surface area contributed by atoms with Crippen molar-refractivity contribution >= 4 is 23.4 Å². The molecule has 3 rings (SSSR count). The van der Waals surface area contributed by atoms with E-state index >= 15 is 0 Å². The Balaban J connectivity index is 1.48. The van der Waals surface area contributed by atoms with Crippen molar-refractivity contribution in [2.24, 2.45) is 11.8 Å². The Hall–Kier alpha value is -2.83. The average molecular weight is 414 g/mol. The first kappa shape index (κ1) is 21.9. The van der Waals surface area contributed by atoms with E-state index in [1.54, 1.807) is 17.0 Å². The molecule has 0 saturated carbocycles. The minimum absolute atomic E-state index is 0.0164. The van der Waals surface area contributed by atoms with Crippen LogP contribution in [0.3, 0.4) is 0 Å². The topological polar surface area (TPSA) is 79.0 Å². The average Bonchev–Trinajstić information content (AvgIpc) is 2.89. The molecule has 1 aromatic carbocycles. The van der Waals surface area contributed by atoms with Crippen LogP contribution in [0.15, 0.2) is 30.4 Å². The summed E-state index contributed by atoms with van der Waals surface area (Å²) in [5, 5.41) is 2.76. The molecule has 0 spiro atoms. The van der Waals surface area contributed by atoms with Gasteiger partial charge in [-0.25, -0.2) is 0 Å². The standard InChI is InChI=1S/C23H31N3O4/c1-16-14-19(7-8-21(16)24-17(2)27)30-15-22(28)26-12-9-18(10-13-26)20-6-4-5-11-25(3)23(20)29/h4-5,7-8,14,18,20H,6,9-13,15H2,1-3H3,(H,24,27). The van der Waals surface area contributed by atoms with Gasteiger partial charge in [0.05, 0.1) is 0 Å². The first-order valence-electron chi connectivity index (χ1n) is 10.5. The molecule has 0 aliphatic carbocycles. The quantitative estimate of drug-likeness (QED) is 0.753. The van der Waals surface area contributed by atoms with E-state index in [4.69, 9.17) is 4.74 Å². The van der Waals surface area contributed by atoms with Gasteiger partial charge in [-0.2, -0.15) is 0 Å². The highest BCUT2D eigenvalue weighted by Crippen LogP contribution is 2.30. The van der Waals surface area contributed by atoms with Crippen LogP contribution in [-0.4, -0.2) is 60.8 Å². The second kappa shape index (κ2) is 9.78. The number of piperidine rings is 1. The zero-order chi connectivity index (χ0) is 21.7. The lowest BCUT2D eigenvalue weighted by atomic mass is 9.81. The van der Waals surface area contributed by atoms with Gasteiger partial charge in [-0.15, -0.1) is 0 Å². The molecular formula is C23H31N3O4. The number of carbonyl (C=O) groups is 3. The summed E-state index contributed by atoms with van der Waals surface area (Å²) in [5.41, 5.74) is 1.61. The van der Waals surface area contributed by atoms with E-state index in [0.717, 1.165) is 30.5 Å². The molecule has 2 heterocycles. The van der Waals surface area contributed by atoms with Gasteiger partial charge in [-0.3, -0.25) is 14.4 Å². The van der Waals surface area contributed by atoms with Crippen molar-refractivity contribution in [3.63, 3.8) is 0 Å². The Morgan fingerprint density at radius 2 is 1.93 bits per heavy atom. The molecule has 1 unspecified atom stereocenters. The third-order valence-corrected chi connectivity index (χ3v) is 5.96. The number of rotatable bonds is 5. The molecule has 1 N–H and O–H groups in total. The van der Waals surface area contributed by atoms with E-state index in [0.29, 0.717) is 31.3 Å². The normalized spacial score (nSPS) is 20.1. The van der Waals surface area contributed by atoms with Gasteiger partial charge >= 0.3 is 0 Å². The van der Waals surface area contributed by atoms with E-state index in [2.05, 4.69) is 17.5 Å². The van der Waals surface area contributed by atoms with Crippen molar-refractivity contribution in [2.75, 3.05) is 38.6 Å². The van der Waals surface area contributed by atoms with Crippen molar-refractivity contribution in [1.82, 2.24) is 9.80 Å². The van der Waals surface area contributed by atoms with Crippen molar-refractivity contribution in [3.8, 4) is 5.75 Å². The largest absolute Gasteiger partial charge is 0.484 e. The molecule has 0 bridgehead atoms. The number of carbonyl (C=O) groups excluding carboxylic acids is 3. The molecule has 0 aromatic heterocycles. The van der Waals surface area contributed by atoms with Gasteiger partial charge < -0.3 is 19.9 Å². The van der Waals surface area contributed by atoms with Crippen LogP contribution in [0, 0.1) is 18.8 Å². The molecule has 2 aliphatic rings. The molecule has 7 nitrogen and oxygen atoms in total. The monoisotopic (exact) mass is 413 g/mol. The summed E-state index contributed by atoms with van der Waals surface area (Å²) in [6, 6.07) is 5.34. The maximum atomic E-state index is 12.6. The van der Waals surface area contributed by atoms with Gasteiger partial charge in [-0.05, 0) is 55.9 Å². The highest BCUT2D eigenvalue weighted by molar-refractivity contribution is 5.89. The van der Waals surface area contributed by atoms with Gasteiger partial charge in [0.15, 0.2) is 6.61 Å². The predicted octanol–water partition coefficient (Wildman–Crippen LogP) is 2.61. The summed E-state index contributed by atoms with van der Waals surface area (Å²) < 4.78 is 5.68. The third-order valence-electron chi connectivity index (χ3n) is 5.96. The van der Waals surface area contributed by atoms with Crippen molar-refractivity contribution in [2.45, 2.75) is 33.1 Å². The Bertz CT molecular complexity index is 828. The van der Waals surface area contributed by atoms with Crippen LogP contribution in [0.2, 0.25) is 0 Å². The van der Waals surface area contributed by atoms with E-state index in [1.165, 1.54) is 6.92 Å². The lowest BCUT2D eigenvalue weighted by molar-refractivity contribution is -0.137. The Morgan fingerprint density at radius 1 is 1.20 bits per heavy atom. The lowest BCUT2D eigenvalue weighted by Gasteiger charge is -2.36. The molecule has 1 atom stereocenters. The zero-order valence-electron chi connectivity index (χ0n) is 18.0. The van der Waals surface area contributed by atoms with Crippen LogP contribution in [0.25, 0.3) is 0 Å². The molecule has 1 saturated heterocycles. The van der Waals surface area contributed by atoms with Gasteiger partial charge in [0, 0.05) is 45.2 Å². The van der Waals surface area contributed by atoms with Crippen LogP contribution >= 0.6 is 0 Å². The van der Waals surface area contributed by atoms with Crippen molar-refractivity contribution in [3.05, 3.63) is 35.9 Å². The number of amides is 3. The lowest BCUT2D eigenvalue weighted by Crippen LogP contribution is -2.44. The van der Waals surface area contributed by atoms with E-state index < -0.39 is 0 Å². The molecule has 1 fully saturated rings. The summed E-state index contributed by atoms with van der Waals surface area (Å²) in [6.07, 6.45) is 6.64. The Labute approximate surface area is 178 Å². The van der Waals surface area contributed by atoms with Gasteiger partial charge in [0.25, 0.3) is 5.91 Å². The number of anilines is 1. The van der Waals surface area contributed by atoms with Gasteiger partial charge in [-0.1, -0.05) is 12.2 Å². The fourth-order valence-corrected chi connectivity index (χ4v) is 4.19. The summed E-state index contributed by atoms with van der Waals surface area (Å²) >= 11 is 0. The summed E-state index contributed by atoms with van der Waals surface area (Å²) in [6.45, 7) is 5.32. The van der Waals surface area contributed by atoms with Crippen LogP contribution in [0.1, 0.15) is 31.7 Å². The summed E-state index contributed by atoms with van der Waals surface area (Å²) in [4.78, 5) is 40.0. The highest BCUT2D eigenvalue weighted by atomic mass is 16.5. The molecule has 7 heteroatoms. The first-order chi connectivity index (χ1) is 14.3. The Kier molecular flexibility index (Phi) is 7.13. The van der Waals surface area contributed by atoms with E-state index in [9.17, 15) is 14.4 Å². The van der Waals surface area contributed by atoms with Crippen molar-refractivity contribution in [1.29, 1.82) is 0 Å². The van der Waals surface area contributed by atoms with Crippen LogP contribution in [0.4, 0.5) is 5.69 Å². The molecule has 0 radical (unpaired) electrons. The number of hydrogen-bond donors (Lipinski definition) is 1. The SMILES string of the molecule is CC(=O)Nc1ccc(OCC(=O)N2CCC(C3CC=CCN(C)C3=O)CC2)cc1C. The molecule has 30 heavy (non-hydrogen) atoms. The number of benzene rings is 1.